The molecule has 0 unspecified atom stereocenters. The Labute approximate surface area is 181 Å². The molecule has 2 aromatic heterocycles. The van der Waals surface area contributed by atoms with E-state index in [4.69, 9.17) is 4.98 Å². The van der Waals surface area contributed by atoms with Crippen molar-refractivity contribution >= 4 is 34.3 Å². The maximum absolute atomic E-state index is 10.2. The molecular formula is C24H25N5S. The van der Waals surface area contributed by atoms with Crippen molar-refractivity contribution in [2.24, 2.45) is 5.92 Å². The van der Waals surface area contributed by atoms with E-state index in [1.807, 2.05) is 30.0 Å². The highest BCUT2D eigenvalue weighted by Gasteiger charge is 2.30. The molecule has 0 bridgehead atoms. The van der Waals surface area contributed by atoms with Crippen molar-refractivity contribution in [3.05, 3.63) is 41.0 Å². The SMILES string of the molecule is Cc1c(C2CCSCC2)c(C#N)c2nc3ccccc3n2c1N1CCC(C#N)CC1. The summed E-state index contributed by atoms with van der Waals surface area (Å²) < 4.78 is 2.21. The Morgan fingerprint density at radius 3 is 2.50 bits per heavy atom. The second kappa shape index (κ2) is 7.85. The lowest BCUT2D eigenvalue weighted by Crippen LogP contribution is -2.35. The zero-order valence-electron chi connectivity index (χ0n) is 17.3. The lowest BCUT2D eigenvalue weighted by atomic mass is 9.86. The summed E-state index contributed by atoms with van der Waals surface area (Å²) in [5, 5.41) is 19.5. The number of hydrogen-bond acceptors (Lipinski definition) is 5. The topological polar surface area (TPSA) is 68.1 Å². The van der Waals surface area contributed by atoms with Crippen molar-refractivity contribution in [1.82, 2.24) is 9.38 Å². The highest BCUT2D eigenvalue weighted by molar-refractivity contribution is 7.99. The molecule has 1 aromatic carbocycles. The van der Waals surface area contributed by atoms with E-state index < -0.39 is 0 Å². The molecule has 5 nitrogen and oxygen atoms in total. The summed E-state index contributed by atoms with van der Waals surface area (Å²) in [6.07, 6.45) is 4.01. The maximum atomic E-state index is 10.2. The van der Waals surface area contributed by atoms with Crippen molar-refractivity contribution in [3.63, 3.8) is 0 Å². The molecule has 30 heavy (non-hydrogen) atoms. The first-order valence-electron chi connectivity index (χ1n) is 10.8. The molecule has 152 valence electrons. The van der Waals surface area contributed by atoms with Crippen molar-refractivity contribution in [2.75, 3.05) is 29.5 Å². The van der Waals surface area contributed by atoms with Crippen LogP contribution in [-0.4, -0.2) is 34.0 Å². The van der Waals surface area contributed by atoms with Crippen LogP contribution in [0.3, 0.4) is 0 Å². The van der Waals surface area contributed by atoms with Gasteiger partial charge in [-0.3, -0.25) is 4.40 Å². The second-order valence-electron chi connectivity index (χ2n) is 8.39. The standard InChI is InChI=1S/C24H25N5S/c1-16-22(18-8-12-30-13-9-18)19(15-26)23-27-20-4-2-3-5-21(20)29(23)24(16)28-10-6-17(14-25)7-11-28/h2-5,17-18H,6-13H2,1H3. The summed E-state index contributed by atoms with van der Waals surface area (Å²) >= 11 is 2.01. The van der Waals surface area contributed by atoms with E-state index in [2.05, 4.69) is 34.4 Å². The first kappa shape index (κ1) is 19.3. The van der Waals surface area contributed by atoms with E-state index in [0.717, 1.165) is 72.5 Å². The van der Waals surface area contributed by atoms with Gasteiger partial charge in [-0.25, -0.2) is 4.98 Å². The average Bonchev–Trinajstić information content (AvgIpc) is 3.18. The number of nitriles is 2. The number of thioether (sulfide) groups is 1. The largest absolute Gasteiger partial charge is 0.357 e. The Bertz CT molecular complexity index is 1180. The Morgan fingerprint density at radius 2 is 1.80 bits per heavy atom. The second-order valence-corrected chi connectivity index (χ2v) is 9.61. The van der Waals surface area contributed by atoms with Gasteiger partial charge in [0, 0.05) is 19.0 Å². The Hall–Kier alpha value is -2.70. The van der Waals surface area contributed by atoms with Crippen LogP contribution in [0.25, 0.3) is 16.7 Å². The molecule has 0 aliphatic carbocycles. The van der Waals surface area contributed by atoms with Crippen LogP contribution in [-0.2, 0) is 0 Å². The van der Waals surface area contributed by atoms with Gasteiger partial charge in [-0.2, -0.15) is 22.3 Å². The lowest BCUT2D eigenvalue weighted by Gasteiger charge is -2.35. The molecule has 2 fully saturated rings. The highest BCUT2D eigenvalue weighted by atomic mass is 32.2. The van der Waals surface area contributed by atoms with Crippen LogP contribution in [0.2, 0.25) is 0 Å². The number of imidazole rings is 1. The normalized spacial score (nSPS) is 18.6. The third-order valence-electron chi connectivity index (χ3n) is 6.72. The summed E-state index contributed by atoms with van der Waals surface area (Å²) in [6, 6.07) is 13.1. The summed E-state index contributed by atoms with van der Waals surface area (Å²) in [7, 11) is 0. The van der Waals surface area contributed by atoms with Gasteiger partial charge in [-0.05, 0) is 73.3 Å². The van der Waals surface area contributed by atoms with Crippen LogP contribution in [0.1, 0.15) is 48.3 Å². The van der Waals surface area contributed by atoms with E-state index in [0.29, 0.717) is 5.92 Å². The van der Waals surface area contributed by atoms with Gasteiger partial charge in [0.15, 0.2) is 5.65 Å². The minimum Gasteiger partial charge on any atom is -0.357 e. The smallest absolute Gasteiger partial charge is 0.157 e. The van der Waals surface area contributed by atoms with Gasteiger partial charge >= 0.3 is 0 Å². The molecule has 3 aromatic rings. The molecule has 5 rings (SSSR count). The monoisotopic (exact) mass is 415 g/mol. The number of anilines is 1. The molecule has 0 atom stereocenters. The van der Waals surface area contributed by atoms with Crippen LogP contribution in [0.5, 0.6) is 0 Å². The van der Waals surface area contributed by atoms with Gasteiger partial charge in [0.05, 0.1) is 22.7 Å². The lowest BCUT2D eigenvalue weighted by molar-refractivity contribution is 0.483. The molecule has 6 heteroatoms. The number of nitrogens with zero attached hydrogens (tertiary/aromatic N) is 5. The molecule has 4 heterocycles. The van der Waals surface area contributed by atoms with Crippen molar-refractivity contribution in [1.29, 1.82) is 10.5 Å². The quantitative estimate of drug-likeness (QED) is 0.588. The zero-order chi connectivity index (χ0) is 20.7. The molecule has 0 radical (unpaired) electrons. The molecule has 0 N–H and O–H groups in total. The summed E-state index contributed by atoms with van der Waals surface area (Å²) in [5.74, 6) is 4.03. The Balaban J connectivity index is 1.79. The predicted molar refractivity (Wildman–Crippen MR) is 122 cm³/mol. The summed E-state index contributed by atoms with van der Waals surface area (Å²) in [5.41, 5.74) is 5.94. The van der Waals surface area contributed by atoms with Crippen molar-refractivity contribution in [2.45, 2.75) is 38.5 Å². The molecule has 0 spiro atoms. The van der Waals surface area contributed by atoms with E-state index in [-0.39, 0.29) is 5.92 Å². The number of hydrogen-bond donors (Lipinski definition) is 0. The number of piperidine rings is 1. The molecule has 2 aliphatic heterocycles. The van der Waals surface area contributed by atoms with Crippen LogP contribution in [0, 0.1) is 35.5 Å². The van der Waals surface area contributed by atoms with Gasteiger partial charge in [-0.1, -0.05) is 12.1 Å². The summed E-state index contributed by atoms with van der Waals surface area (Å²) in [6.45, 7) is 3.93. The fraction of sp³-hybridized carbons (Fsp3) is 0.458. The van der Waals surface area contributed by atoms with Gasteiger partial charge in [-0.15, -0.1) is 0 Å². The molecule has 2 aliphatic rings. The van der Waals surface area contributed by atoms with Gasteiger partial charge in [0.1, 0.15) is 11.9 Å². The Morgan fingerprint density at radius 1 is 1.07 bits per heavy atom. The van der Waals surface area contributed by atoms with E-state index in [1.54, 1.807) is 0 Å². The van der Waals surface area contributed by atoms with Crippen LogP contribution >= 0.6 is 11.8 Å². The number of rotatable bonds is 2. The highest BCUT2D eigenvalue weighted by Crippen LogP contribution is 2.41. The fourth-order valence-electron chi connectivity index (χ4n) is 5.21. The maximum Gasteiger partial charge on any atom is 0.157 e. The van der Waals surface area contributed by atoms with Crippen LogP contribution in [0.15, 0.2) is 24.3 Å². The number of pyridine rings is 1. The number of aromatic nitrogens is 2. The zero-order valence-corrected chi connectivity index (χ0v) is 18.1. The third-order valence-corrected chi connectivity index (χ3v) is 7.77. The van der Waals surface area contributed by atoms with Crippen molar-refractivity contribution in [3.8, 4) is 12.1 Å². The van der Waals surface area contributed by atoms with Crippen LogP contribution in [0.4, 0.5) is 5.82 Å². The third kappa shape index (κ3) is 3.02. The van der Waals surface area contributed by atoms with Gasteiger partial charge in [0.25, 0.3) is 0 Å². The van der Waals surface area contributed by atoms with Crippen LogP contribution < -0.4 is 4.90 Å². The fourth-order valence-corrected chi connectivity index (χ4v) is 6.32. The van der Waals surface area contributed by atoms with Gasteiger partial charge in [0.2, 0.25) is 0 Å². The minimum absolute atomic E-state index is 0.143. The minimum atomic E-state index is 0.143. The molecule has 0 amide bonds. The molecule has 2 saturated heterocycles. The number of fused-ring (bicyclic) bond motifs is 3. The Kier molecular flexibility index (Phi) is 5.05. The molecular weight excluding hydrogens is 390 g/mol. The van der Waals surface area contributed by atoms with Crippen molar-refractivity contribution < 1.29 is 0 Å². The average molecular weight is 416 g/mol. The first-order valence-corrected chi connectivity index (χ1v) is 11.9. The van der Waals surface area contributed by atoms with E-state index >= 15 is 0 Å². The number of para-hydroxylation sites is 2. The first-order chi connectivity index (χ1) is 14.7. The number of benzene rings is 1. The van der Waals surface area contributed by atoms with E-state index in [9.17, 15) is 10.5 Å². The predicted octanol–water partition coefficient (Wildman–Crippen LogP) is 5.02. The van der Waals surface area contributed by atoms with E-state index in [1.165, 1.54) is 16.9 Å². The molecule has 0 saturated carbocycles. The van der Waals surface area contributed by atoms with Gasteiger partial charge < -0.3 is 4.90 Å². The summed E-state index contributed by atoms with van der Waals surface area (Å²) in [4.78, 5) is 7.35.